The van der Waals surface area contributed by atoms with Crippen LogP contribution in [0.15, 0.2) is 17.7 Å². The molecule has 2 saturated heterocycles. The highest BCUT2D eigenvalue weighted by atomic mass is 15.2. The first-order chi connectivity index (χ1) is 12.0. The molecule has 25 heavy (non-hydrogen) atoms. The molecule has 2 aliphatic rings. The fourth-order valence-corrected chi connectivity index (χ4v) is 4.15. The Balaban J connectivity index is 1.47. The third kappa shape index (κ3) is 4.84. The fourth-order valence-electron chi connectivity index (χ4n) is 4.15. The Kier molecular flexibility index (Phi) is 5.78. The van der Waals surface area contributed by atoms with E-state index in [0.29, 0.717) is 5.82 Å². The van der Waals surface area contributed by atoms with Crippen LogP contribution in [0.1, 0.15) is 39.5 Å². The molecule has 0 radical (unpaired) electrons. The van der Waals surface area contributed by atoms with Gasteiger partial charge in [0.1, 0.15) is 11.6 Å². The number of allylic oxidation sites excluding steroid dienone is 1. The van der Waals surface area contributed by atoms with E-state index >= 15 is 0 Å². The molecule has 1 aromatic rings. The molecule has 3 rings (SSSR count). The summed E-state index contributed by atoms with van der Waals surface area (Å²) in [6.45, 7) is 10.0. The zero-order chi connectivity index (χ0) is 17.8. The SMILES string of the molecule is CC(C)=CCN1CCC(C2CCN(c3cc(N)nc(N)n3)CC2)CC1. The van der Waals surface area contributed by atoms with Crippen molar-refractivity contribution in [3.05, 3.63) is 17.7 Å². The first-order valence-corrected chi connectivity index (χ1v) is 9.52. The van der Waals surface area contributed by atoms with Crippen molar-refractivity contribution in [2.24, 2.45) is 11.8 Å². The zero-order valence-electron chi connectivity index (χ0n) is 15.6. The molecule has 6 heteroatoms. The molecule has 0 amide bonds. The van der Waals surface area contributed by atoms with E-state index in [4.69, 9.17) is 11.5 Å². The Morgan fingerprint density at radius 1 is 1.04 bits per heavy atom. The van der Waals surface area contributed by atoms with Crippen LogP contribution in [0.5, 0.6) is 0 Å². The van der Waals surface area contributed by atoms with Gasteiger partial charge in [0.05, 0.1) is 0 Å². The lowest BCUT2D eigenvalue weighted by Crippen LogP contribution is -2.41. The van der Waals surface area contributed by atoms with Gasteiger partial charge in [0, 0.05) is 25.7 Å². The summed E-state index contributed by atoms with van der Waals surface area (Å²) in [7, 11) is 0. The summed E-state index contributed by atoms with van der Waals surface area (Å²) in [6.07, 6.45) is 7.51. The number of aromatic nitrogens is 2. The van der Waals surface area contributed by atoms with Crippen molar-refractivity contribution >= 4 is 17.6 Å². The molecule has 0 saturated carbocycles. The molecule has 2 fully saturated rings. The van der Waals surface area contributed by atoms with Crippen LogP contribution in [0, 0.1) is 11.8 Å². The molecule has 0 aromatic carbocycles. The van der Waals surface area contributed by atoms with Crippen LogP contribution in [0.2, 0.25) is 0 Å². The second-order valence-corrected chi connectivity index (χ2v) is 7.75. The minimum atomic E-state index is 0.265. The predicted molar refractivity (Wildman–Crippen MR) is 104 cm³/mol. The third-order valence-corrected chi connectivity index (χ3v) is 5.67. The summed E-state index contributed by atoms with van der Waals surface area (Å²) < 4.78 is 0. The number of rotatable bonds is 4. The smallest absolute Gasteiger partial charge is 0.223 e. The summed E-state index contributed by atoms with van der Waals surface area (Å²) >= 11 is 0. The van der Waals surface area contributed by atoms with E-state index in [9.17, 15) is 0 Å². The molecule has 0 aliphatic carbocycles. The Hall–Kier alpha value is -1.82. The van der Waals surface area contributed by atoms with Gasteiger partial charge in [-0.25, -0.2) is 0 Å². The standard InChI is InChI=1S/C19H32N6/c1-14(2)3-8-24-9-4-15(5-10-24)16-6-11-25(12-7-16)18-13-17(20)22-19(21)23-18/h3,13,15-16H,4-12H2,1-2H3,(H4,20,21,22,23). The van der Waals surface area contributed by atoms with Crippen LogP contribution in [-0.4, -0.2) is 47.6 Å². The monoisotopic (exact) mass is 344 g/mol. The van der Waals surface area contributed by atoms with Gasteiger partial charge < -0.3 is 16.4 Å². The number of likely N-dealkylation sites (tertiary alicyclic amines) is 1. The molecule has 0 bridgehead atoms. The Bertz CT molecular complexity index is 574. The van der Waals surface area contributed by atoms with E-state index in [2.05, 4.69) is 39.7 Å². The topological polar surface area (TPSA) is 84.3 Å². The molecule has 3 heterocycles. The molecule has 4 N–H and O–H groups in total. The average molecular weight is 345 g/mol. The largest absolute Gasteiger partial charge is 0.383 e. The van der Waals surface area contributed by atoms with Gasteiger partial charge in [-0.1, -0.05) is 11.6 Å². The summed E-state index contributed by atoms with van der Waals surface area (Å²) in [5, 5.41) is 0. The van der Waals surface area contributed by atoms with E-state index in [1.165, 1.54) is 44.3 Å². The van der Waals surface area contributed by atoms with Crippen molar-refractivity contribution in [3.63, 3.8) is 0 Å². The van der Waals surface area contributed by atoms with E-state index in [0.717, 1.165) is 37.3 Å². The molecule has 0 unspecified atom stereocenters. The molecular formula is C19H32N6. The average Bonchev–Trinajstić information content (AvgIpc) is 2.60. The molecule has 0 spiro atoms. The van der Waals surface area contributed by atoms with E-state index < -0.39 is 0 Å². The lowest BCUT2D eigenvalue weighted by molar-refractivity contribution is 0.143. The van der Waals surface area contributed by atoms with Crippen molar-refractivity contribution < 1.29 is 0 Å². The maximum absolute atomic E-state index is 5.80. The highest BCUT2D eigenvalue weighted by Gasteiger charge is 2.29. The first-order valence-electron chi connectivity index (χ1n) is 9.52. The van der Waals surface area contributed by atoms with Crippen LogP contribution in [0.3, 0.4) is 0 Å². The van der Waals surface area contributed by atoms with Crippen LogP contribution in [0.4, 0.5) is 17.6 Å². The highest BCUT2D eigenvalue weighted by Crippen LogP contribution is 2.33. The molecule has 6 nitrogen and oxygen atoms in total. The summed E-state index contributed by atoms with van der Waals surface area (Å²) in [5.74, 6) is 3.32. The lowest BCUT2D eigenvalue weighted by atomic mass is 9.79. The van der Waals surface area contributed by atoms with Gasteiger partial charge in [-0.15, -0.1) is 0 Å². The Labute approximate surface area is 151 Å². The van der Waals surface area contributed by atoms with Crippen LogP contribution in [0.25, 0.3) is 0 Å². The van der Waals surface area contributed by atoms with Crippen LogP contribution in [-0.2, 0) is 0 Å². The second kappa shape index (κ2) is 8.04. The van der Waals surface area contributed by atoms with E-state index in [1.807, 2.05) is 6.07 Å². The Morgan fingerprint density at radius 2 is 1.64 bits per heavy atom. The third-order valence-electron chi connectivity index (χ3n) is 5.67. The minimum absolute atomic E-state index is 0.265. The predicted octanol–water partition coefficient (Wildman–Crippen LogP) is 2.54. The fraction of sp³-hybridized carbons (Fsp3) is 0.684. The van der Waals surface area contributed by atoms with Crippen molar-refractivity contribution in [3.8, 4) is 0 Å². The molecule has 1 aromatic heterocycles. The first kappa shape index (κ1) is 18.0. The summed E-state index contributed by atoms with van der Waals surface area (Å²) in [6, 6.07) is 1.83. The van der Waals surface area contributed by atoms with Crippen molar-refractivity contribution in [2.75, 3.05) is 49.1 Å². The van der Waals surface area contributed by atoms with Gasteiger partial charge in [0.2, 0.25) is 5.95 Å². The lowest BCUT2D eigenvalue weighted by Gasteiger charge is -2.40. The van der Waals surface area contributed by atoms with Gasteiger partial charge in [0.15, 0.2) is 0 Å². The number of nitrogen functional groups attached to an aromatic ring is 2. The molecule has 2 aliphatic heterocycles. The number of piperidine rings is 2. The van der Waals surface area contributed by atoms with E-state index in [-0.39, 0.29) is 5.95 Å². The number of hydrogen-bond acceptors (Lipinski definition) is 6. The maximum atomic E-state index is 5.80. The number of anilines is 3. The number of hydrogen-bond donors (Lipinski definition) is 2. The molecule has 0 atom stereocenters. The zero-order valence-corrected chi connectivity index (χ0v) is 15.6. The molecule has 138 valence electrons. The van der Waals surface area contributed by atoms with Gasteiger partial charge in [-0.3, -0.25) is 4.90 Å². The Morgan fingerprint density at radius 3 is 2.20 bits per heavy atom. The van der Waals surface area contributed by atoms with Crippen molar-refractivity contribution in [1.82, 2.24) is 14.9 Å². The minimum Gasteiger partial charge on any atom is -0.383 e. The second-order valence-electron chi connectivity index (χ2n) is 7.75. The highest BCUT2D eigenvalue weighted by molar-refractivity contribution is 5.50. The normalized spacial score (nSPS) is 20.6. The summed E-state index contributed by atoms with van der Waals surface area (Å²) in [4.78, 5) is 13.2. The van der Waals surface area contributed by atoms with Gasteiger partial charge >= 0.3 is 0 Å². The quantitative estimate of drug-likeness (QED) is 0.817. The van der Waals surface area contributed by atoms with Crippen molar-refractivity contribution in [1.29, 1.82) is 0 Å². The van der Waals surface area contributed by atoms with Gasteiger partial charge in [0.25, 0.3) is 0 Å². The maximum Gasteiger partial charge on any atom is 0.223 e. The number of nitrogens with two attached hydrogens (primary N) is 2. The van der Waals surface area contributed by atoms with Crippen molar-refractivity contribution in [2.45, 2.75) is 39.5 Å². The van der Waals surface area contributed by atoms with Gasteiger partial charge in [-0.05, 0) is 64.5 Å². The van der Waals surface area contributed by atoms with E-state index in [1.54, 1.807) is 0 Å². The van der Waals surface area contributed by atoms with Gasteiger partial charge in [-0.2, -0.15) is 9.97 Å². The van der Waals surface area contributed by atoms with Crippen LogP contribution < -0.4 is 16.4 Å². The van der Waals surface area contributed by atoms with Crippen LogP contribution >= 0.6 is 0 Å². The summed E-state index contributed by atoms with van der Waals surface area (Å²) in [5.41, 5.74) is 12.9. The number of nitrogens with zero attached hydrogens (tertiary/aromatic N) is 4. The molecular weight excluding hydrogens is 312 g/mol.